The highest BCUT2D eigenvalue weighted by atomic mass is 19.1. The molecule has 19 heavy (non-hydrogen) atoms. The van der Waals surface area contributed by atoms with E-state index in [1.807, 2.05) is 0 Å². The summed E-state index contributed by atoms with van der Waals surface area (Å²) in [5.41, 5.74) is 1.19. The molecule has 1 rings (SSSR count). The molecule has 0 aliphatic rings. The molecule has 0 atom stereocenters. The number of halogens is 1. The van der Waals surface area contributed by atoms with E-state index in [1.165, 1.54) is 18.2 Å². The van der Waals surface area contributed by atoms with Crippen LogP contribution in [0.3, 0.4) is 0 Å². The first-order valence-corrected chi connectivity index (χ1v) is 6.10. The van der Waals surface area contributed by atoms with E-state index in [-0.39, 0.29) is 5.82 Å². The van der Waals surface area contributed by atoms with Gasteiger partial charge in [0.1, 0.15) is 5.82 Å². The molecule has 0 aliphatic heterocycles. The van der Waals surface area contributed by atoms with E-state index in [9.17, 15) is 4.39 Å². The molecular formula is C14H19FN2O2. The molecule has 0 amide bonds. The summed E-state index contributed by atoms with van der Waals surface area (Å²) >= 11 is 0. The molecule has 0 unspecified atom stereocenters. The van der Waals surface area contributed by atoms with E-state index in [0.717, 1.165) is 0 Å². The van der Waals surface area contributed by atoms with Crippen molar-refractivity contribution in [2.75, 3.05) is 40.5 Å². The molecule has 0 heterocycles. The lowest BCUT2D eigenvalue weighted by Gasteiger charge is -2.22. The second-order valence-corrected chi connectivity index (χ2v) is 4.18. The summed E-state index contributed by atoms with van der Waals surface area (Å²) in [5.74, 6) is -0.326. The highest BCUT2D eigenvalue weighted by Crippen LogP contribution is 2.13. The van der Waals surface area contributed by atoms with E-state index < -0.39 is 0 Å². The molecule has 0 fully saturated rings. The first-order valence-electron chi connectivity index (χ1n) is 6.10. The van der Waals surface area contributed by atoms with Crippen molar-refractivity contribution in [2.24, 2.45) is 0 Å². The maximum absolute atomic E-state index is 13.3. The molecule has 4 nitrogen and oxygen atoms in total. The van der Waals surface area contributed by atoms with Crippen LogP contribution in [0.15, 0.2) is 18.2 Å². The Labute approximate surface area is 113 Å². The molecule has 0 aliphatic carbocycles. The maximum atomic E-state index is 13.3. The van der Waals surface area contributed by atoms with Crippen molar-refractivity contribution < 1.29 is 13.9 Å². The van der Waals surface area contributed by atoms with Gasteiger partial charge in [0.05, 0.1) is 24.8 Å². The summed E-state index contributed by atoms with van der Waals surface area (Å²) in [6.45, 7) is 3.09. The Kier molecular flexibility index (Phi) is 7.04. The third-order valence-corrected chi connectivity index (χ3v) is 2.80. The highest BCUT2D eigenvalue weighted by Gasteiger charge is 2.10. The number of ether oxygens (including phenoxy) is 2. The van der Waals surface area contributed by atoms with Crippen LogP contribution in [0, 0.1) is 17.1 Å². The van der Waals surface area contributed by atoms with Crippen molar-refractivity contribution in [1.82, 2.24) is 4.90 Å². The number of nitrogens with zero attached hydrogens (tertiary/aromatic N) is 2. The van der Waals surface area contributed by atoms with Crippen molar-refractivity contribution in [3.05, 3.63) is 35.1 Å². The zero-order valence-corrected chi connectivity index (χ0v) is 11.4. The monoisotopic (exact) mass is 266 g/mol. The molecule has 0 aromatic heterocycles. The predicted molar refractivity (Wildman–Crippen MR) is 70.1 cm³/mol. The standard InChI is InChI=1S/C14H19FN2O2/c1-18-7-5-17(6-8-19-2)11-13-9-14(15)4-3-12(13)10-16/h3-4,9H,5-8,11H2,1-2H3. The summed E-state index contributed by atoms with van der Waals surface area (Å²) in [7, 11) is 3.27. The average molecular weight is 266 g/mol. The van der Waals surface area contributed by atoms with E-state index in [2.05, 4.69) is 11.0 Å². The van der Waals surface area contributed by atoms with Gasteiger partial charge in [0.15, 0.2) is 0 Å². The second kappa shape index (κ2) is 8.59. The third-order valence-electron chi connectivity index (χ3n) is 2.80. The molecule has 0 spiro atoms. The topological polar surface area (TPSA) is 45.5 Å². The molecule has 0 saturated carbocycles. The van der Waals surface area contributed by atoms with Crippen LogP contribution in [-0.4, -0.2) is 45.4 Å². The van der Waals surface area contributed by atoms with Crippen LogP contribution in [0.5, 0.6) is 0 Å². The van der Waals surface area contributed by atoms with Gasteiger partial charge in [-0.15, -0.1) is 0 Å². The van der Waals surface area contributed by atoms with Crippen LogP contribution < -0.4 is 0 Å². The molecule has 0 saturated heterocycles. The van der Waals surface area contributed by atoms with Crippen molar-refractivity contribution in [2.45, 2.75) is 6.54 Å². The first kappa shape index (κ1) is 15.6. The maximum Gasteiger partial charge on any atom is 0.123 e. The van der Waals surface area contributed by atoms with Crippen LogP contribution in [0.2, 0.25) is 0 Å². The van der Waals surface area contributed by atoms with Gasteiger partial charge in [-0.25, -0.2) is 4.39 Å². The number of nitriles is 1. The Balaban J connectivity index is 2.76. The van der Waals surface area contributed by atoms with Crippen LogP contribution in [0.25, 0.3) is 0 Å². The number of benzene rings is 1. The zero-order chi connectivity index (χ0) is 14.1. The Morgan fingerprint density at radius 2 is 1.84 bits per heavy atom. The van der Waals surface area contributed by atoms with Crippen molar-refractivity contribution in [3.63, 3.8) is 0 Å². The number of hydrogen-bond donors (Lipinski definition) is 0. The van der Waals surface area contributed by atoms with Gasteiger partial charge >= 0.3 is 0 Å². The number of hydrogen-bond acceptors (Lipinski definition) is 4. The van der Waals surface area contributed by atoms with Crippen LogP contribution in [0.4, 0.5) is 4.39 Å². The highest BCUT2D eigenvalue weighted by molar-refractivity contribution is 5.37. The van der Waals surface area contributed by atoms with Gasteiger partial charge in [0, 0.05) is 33.9 Å². The van der Waals surface area contributed by atoms with Gasteiger partial charge in [-0.05, 0) is 23.8 Å². The van der Waals surface area contributed by atoms with Gasteiger partial charge in [-0.1, -0.05) is 0 Å². The summed E-state index contributed by atoms with van der Waals surface area (Å²) < 4.78 is 23.4. The van der Waals surface area contributed by atoms with Crippen LogP contribution in [0.1, 0.15) is 11.1 Å². The molecular weight excluding hydrogens is 247 g/mol. The van der Waals surface area contributed by atoms with E-state index in [4.69, 9.17) is 14.7 Å². The molecule has 0 N–H and O–H groups in total. The molecule has 1 aromatic carbocycles. The Morgan fingerprint density at radius 1 is 1.21 bits per heavy atom. The van der Waals surface area contributed by atoms with Crippen LogP contribution in [-0.2, 0) is 16.0 Å². The number of rotatable bonds is 8. The van der Waals surface area contributed by atoms with E-state index in [1.54, 1.807) is 14.2 Å². The van der Waals surface area contributed by atoms with Gasteiger partial charge in [0.25, 0.3) is 0 Å². The van der Waals surface area contributed by atoms with Crippen molar-refractivity contribution >= 4 is 0 Å². The SMILES string of the molecule is COCCN(CCOC)Cc1cc(F)ccc1C#N. The largest absolute Gasteiger partial charge is 0.383 e. The third kappa shape index (κ3) is 5.35. The minimum Gasteiger partial charge on any atom is -0.383 e. The van der Waals surface area contributed by atoms with Gasteiger partial charge in [-0.2, -0.15) is 5.26 Å². The normalized spacial score (nSPS) is 10.7. The quantitative estimate of drug-likeness (QED) is 0.719. The van der Waals surface area contributed by atoms with Crippen molar-refractivity contribution in [3.8, 4) is 6.07 Å². The Bertz CT molecular complexity index is 424. The van der Waals surface area contributed by atoms with Crippen LogP contribution >= 0.6 is 0 Å². The number of methoxy groups -OCH3 is 2. The fraction of sp³-hybridized carbons (Fsp3) is 0.500. The van der Waals surface area contributed by atoms with E-state index >= 15 is 0 Å². The summed E-state index contributed by atoms with van der Waals surface area (Å²) in [6.07, 6.45) is 0. The lowest BCUT2D eigenvalue weighted by atomic mass is 10.1. The Hall–Kier alpha value is -1.48. The fourth-order valence-electron chi connectivity index (χ4n) is 1.75. The van der Waals surface area contributed by atoms with Gasteiger partial charge < -0.3 is 9.47 Å². The van der Waals surface area contributed by atoms with Crippen molar-refractivity contribution in [1.29, 1.82) is 5.26 Å². The van der Waals surface area contributed by atoms with E-state index in [0.29, 0.717) is 44.0 Å². The molecule has 0 bridgehead atoms. The molecule has 104 valence electrons. The first-order chi connectivity index (χ1) is 9.21. The minimum absolute atomic E-state index is 0.326. The fourth-order valence-corrected chi connectivity index (χ4v) is 1.75. The zero-order valence-electron chi connectivity index (χ0n) is 11.4. The molecule has 1 aromatic rings. The lowest BCUT2D eigenvalue weighted by Crippen LogP contribution is -2.30. The molecule has 0 radical (unpaired) electrons. The van der Waals surface area contributed by atoms with Gasteiger partial charge in [-0.3, -0.25) is 4.90 Å². The smallest absolute Gasteiger partial charge is 0.123 e. The Morgan fingerprint density at radius 3 is 2.37 bits per heavy atom. The summed E-state index contributed by atoms with van der Waals surface area (Å²) in [4.78, 5) is 2.07. The molecule has 5 heteroatoms. The minimum atomic E-state index is -0.326. The lowest BCUT2D eigenvalue weighted by molar-refractivity contribution is 0.110. The summed E-state index contributed by atoms with van der Waals surface area (Å²) in [5, 5.41) is 9.03. The average Bonchev–Trinajstić information content (AvgIpc) is 2.42. The van der Waals surface area contributed by atoms with Gasteiger partial charge in [0.2, 0.25) is 0 Å². The predicted octanol–water partition coefficient (Wildman–Crippen LogP) is 1.79. The summed E-state index contributed by atoms with van der Waals surface area (Å²) in [6, 6.07) is 6.30. The second-order valence-electron chi connectivity index (χ2n) is 4.18.